The normalized spacial score (nSPS) is 13.3. The Morgan fingerprint density at radius 1 is 1.44 bits per heavy atom. The predicted octanol–water partition coefficient (Wildman–Crippen LogP) is 2.17. The topological polar surface area (TPSA) is 52.3 Å². The maximum atomic E-state index is 12.9. The van der Waals surface area contributed by atoms with Crippen LogP contribution in [-0.2, 0) is 9.53 Å². The molecular weight excluding hydrogens is 209 g/mol. The summed E-state index contributed by atoms with van der Waals surface area (Å²) in [6.45, 7) is 5.26. The molecule has 1 unspecified atom stereocenters. The number of rotatable bonds is 2. The lowest BCUT2D eigenvalue weighted by Crippen LogP contribution is -2.31. The fraction of sp³-hybridized carbons (Fsp3) is 0.417. The summed E-state index contributed by atoms with van der Waals surface area (Å²) >= 11 is 0. The van der Waals surface area contributed by atoms with Gasteiger partial charge >= 0.3 is 5.97 Å². The van der Waals surface area contributed by atoms with Gasteiger partial charge < -0.3 is 10.5 Å². The van der Waals surface area contributed by atoms with Gasteiger partial charge in [0.05, 0.1) is 0 Å². The van der Waals surface area contributed by atoms with Crippen LogP contribution in [0.4, 0.5) is 4.39 Å². The van der Waals surface area contributed by atoms with Gasteiger partial charge in [-0.25, -0.2) is 9.18 Å². The van der Waals surface area contributed by atoms with Crippen molar-refractivity contribution in [3.8, 4) is 0 Å². The van der Waals surface area contributed by atoms with Crippen LogP contribution in [0.25, 0.3) is 0 Å². The minimum atomic E-state index is -0.949. The van der Waals surface area contributed by atoms with Gasteiger partial charge in [-0.3, -0.25) is 0 Å². The number of hydrogen-bond acceptors (Lipinski definition) is 3. The van der Waals surface area contributed by atoms with Crippen molar-refractivity contribution in [1.29, 1.82) is 0 Å². The highest BCUT2D eigenvalue weighted by Crippen LogP contribution is 2.17. The van der Waals surface area contributed by atoms with E-state index in [9.17, 15) is 9.18 Å². The first-order valence-corrected chi connectivity index (χ1v) is 5.03. The van der Waals surface area contributed by atoms with Crippen LogP contribution in [0, 0.1) is 5.82 Å². The van der Waals surface area contributed by atoms with Gasteiger partial charge in [-0.15, -0.1) is 0 Å². The van der Waals surface area contributed by atoms with Crippen LogP contribution in [0.15, 0.2) is 24.3 Å². The Morgan fingerprint density at radius 3 is 2.56 bits per heavy atom. The van der Waals surface area contributed by atoms with Crippen molar-refractivity contribution in [3.63, 3.8) is 0 Å². The van der Waals surface area contributed by atoms with Gasteiger partial charge in [0.25, 0.3) is 0 Å². The molecule has 0 heterocycles. The van der Waals surface area contributed by atoms with Gasteiger partial charge in [0.1, 0.15) is 17.5 Å². The lowest BCUT2D eigenvalue weighted by Gasteiger charge is -2.22. The summed E-state index contributed by atoms with van der Waals surface area (Å²) in [7, 11) is 0. The van der Waals surface area contributed by atoms with Gasteiger partial charge in [-0.1, -0.05) is 12.1 Å². The Balaban J connectivity index is 2.78. The van der Waals surface area contributed by atoms with Crippen molar-refractivity contribution in [2.75, 3.05) is 0 Å². The van der Waals surface area contributed by atoms with Crippen LogP contribution in [0.1, 0.15) is 32.4 Å². The molecule has 0 fully saturated rings. The second kappa shape index (κ2) is 4.61. The van der Waals surface area contributed by atoms with Crippen molar-refractivity contribution in [2.45, 2.75) is 32.4 Å². The first-order valence-electron chi connectivity index (χ1n) is 5.03. The van der Waals surface area contributed by atoms with Crippen LogP contribution in [0.5, 0.6) is 0 Å². The molecule has 0 aliphatic carbocycles. The average molecular weight is 225 g/mol. The highest BCUT2D eigenvalue weighted by Gasteiger charge is 2.23. The number of ether oxygens (including phenoxy) is 1. The molecule has 0 bridgehead atoms. The van der Waals surface area contributed by atoms with Crippen molar-refractivity contribution >= 4 is 5.97 Å². The Morgan fingerprint density at radius 2 is 2.06 bits per heavy atom. The summed E-state index contributed by atoms with van der Waals surface area (Å²) in [5.74, 6) is -0.977. The van der Waals surface area contributed by atoms with Gasteiger partial charge in [0.2, 0.25) is 0 Å². The first-order chi connectivity index (χ1) is 7.29. The van der Waals surface area contributed by atoms with Crippen molar-refractivity contribution < 1.29 is 13.9 Å². The van der Waals surface area contributed by atoms with Crippen LogP contribution < -0.4 is 5.73 Å². The van der Waals surface area contributed by atoms with E-state index < -0.39 is 23.4 Å². The number of benzene rings is 1. The number of halogens is 1. The largest absolute Gasteiger partial charge is 0.459 e. The molecule has 1 aromatic carbocycles. The smallest absolute Gasteiger partial charge is 0.328 e. The van der Waals surface area contributed by atoms with E-state index in [4.69, 9.17) is 10.5 Å². The van der Waals surface area contributed by atoms with Crippen LogP contribution >= 0.6 is 0 Å². The predicted molar refractivity (Wildman–Crippen MR) is 59.2 cm³/mol. The molecule has 4 heteroatoms. The summed E-state index contributed by atoms with van der Waals surface area (Å²) in [6, 6.07) is 4.68. The summed E-state index contributed by atoms with van der Waals surface area (Å²) in [4.78, 5) is 11.6. The monoisotopic (exact) mass is 225 g/mol. The van der Waals surface area contributed by atoms with Crippen LogP contribution in [-0.4, -0.2) is 11.6 Å². The van der Waals surface area contributed by atoms with E-state index >= 15 is 0 Å². The third kappa shape index (κ3) is 3.62. The molecular formula is C12H16FNO2. The Labute approximate surface area is 94.4 Å². The SMILES string of the molecule is CC(C)(C)OC(=O)C(N)c1cccc(F)c1. The van der Waals surface area contributed by atoms with Crippen LogP contribution in [0.2, 0.25) is 0 Å². The molecule has 0 radical (unpaired) electrons. The molecule has 88 valence electrons. The number of carbonyl (C=O) groups is 1. The standard InChI is InChI=1S/C12H16FNO2/c1-12(2,3)16-11(15)10(14)8-5-4-6-9(13)7-8/h4-7,10H,14H2,1-3H3. The highest BCUT2D eigenvalue weighted by atomic mass is 19.1. The maximum absolute atomic E-state index is 12.9. The zero-order valence-corrected chi connectivity index (χ0v) is 9.66. The zero-order chi connectivity index (χ0) is 12.3. The molecule has 1 atom stereocenters. The molecule has 3 nitrogen and oxygen atoms in total. The van der Waals surface area contributed by atoms with E-state index in [1.54, 1.807) is 26.8 Å². The van der Waals surface area contributed by atoms with Gasteiger partial charge in [-0.2, -0.15) is 0 Å². The minimum absolute atomic E-state index is 0.411. The maximum Gasteiger partial charge on any atom is 0.328 e. The Hall–Kier alpha value is -1.42. The molecule has 2 N–H and O–H groups in total. The number of esters is 1. The number of carbonyl (C=O) groups excluding carboxylic acids is 1. The first kappa shape index (κ1) is 12.6. The van der Waals surface area contributed by atoms with E-state index in [1.165, 1.54) is 18.2 Å². The van der Waals surface area contributed by atoms with E-state index in [0.717, 1.165) is 0 Å². The quantitative estimate of drug-likeness (QED) is 0.785. The molecule has 0 aromatic heterocycles. The van der Waals surface area contributed by atoms with E-state index in [1.807, 2.05) is 0 Å². The third-order valence-corrected chi connectivity index (χ3v) is 1.87. The molecule has 0 saturated heterocycles. The summed E-state index contributed by atoms with van der Waals surface area (Å²) in [6.07, 6.45) is 0. The second-order valence-corrected chi connectivity index (χ2v) is 4.57. The van der Waals surface area contributed by atoms with Crippen LogP contribution in [0.3, 0.4) is 0 Å². The molecule has 0 aliphatic rings. The molecule has 1 aromatic rings. The fourth-order valence-electron chi connectivity index (χ4n) is 1.20. The van der Waals surface area contributed by atoms with Crippen molar-refractivity contribution in [1.82, 2.24) is 0 Å². The lowest BCUT2D eigenvalue weighted by atomic mass is 10.1. The molecule has 0 saturated carbocycles. The van der Waals surface area contributed by atoms with E-state index in [0.29, 0.717) is 5.56 Å². The summed E-state index contributed by atoms with van der Waals surface area (Å²) in [5, 5.41) is 0. The minimum Gasteiger partial charge on any atom is -0.459 e. The molecule has 16 heavy (non-hydrogen) atoms. The Bertz CT molecular complexity index is 385. The van der Waals surface area contributed by atoms with Crippen molar-refractivity contribution in [3.05, 3.63) is 35.6 Å². The molecule has 0 spiro atoms. The van der Waals surface area contributed by atoms with Gasteiger partial charge in [-0.05, 0) is 38.5 Å². The zero-order valence-electron chi connectivity index (χ0n) is 9.66. The number of nitrogens with two attached hydrogens (primary N) is 1. The lowest BCUT2D eigenvalue weighted by molar-refractivity contribution is -0.156. The fourth-order valence-corrected chi connectivity index (χ4v) is 1.20. The average Bonchev–Trinajstić information content (AvgIpc) is 2.14. The molecule has 0 amide bonds. The molecule has 1 rings (SSSR count). The van der Waals surface area contributed by atoms with E-state index in [-0.39, 0.29) is 0 Å². The van der Waals surface area contributed by atoms with E-state index in [2.05, 4.69) is 0 Å². The highest BCUT2D eigenvalue weighted by molar-refractivity contribution is 5.77. The summed E-state index contributed by atoms with van der Waals surface area (Å²) in [5.41, 5.74) is 5.49. The van der Waals surface area contributed by atoms with Gasteiger partial charge in [0.15, 0.2) is 0 Å². The van der Waals surface area contributed by atoms with Gasteiger partial charge in [0, 0.05) is 0 Å². The van der Waals surface area contributed by atoms with Crippen molar-refractivity contribution in [2.24, 2.45) is 5.73 Å². The molecule has 0 aliphatic heterocycles. The summed E-state index contributed by atoms with van der Waals surface area (Å²) < 4.78 is 18.0. The third-order valence-electron chi connectivity index (χ3n) is 1.87. The number of hydrogen-bond donors (Lipinski definition) is 1. The second-order valence-electron chi connectivity index (χ2n) is 4.57. The Kier molecular flexibility index (Phi) is 3.65.